The molecule has 0 atom stereocenters. The molecule has 4 rings (SSSR count). The highest BCUT2D eigenvalue weighted by Crippen LogP contribution is 2.32. The fourth-order valence-corrected chi connectivity index (χ4v) is 6.12. The second-order valence-electron chi connectivity index (χ2n) is 10.6. The van der Waals surface area contributed by atoms with Crippen LogP contribution in [0.3, 0.4) is 0 Å². The van der Waals surface area contributed by atoms with Crippen molar-refractivity contribution in [1.29, 1.82) is 0 Å². The zero-order valence-electron chi connectivity index (χ0n) is 26.7. The van der Waals surface area contributed by atoms with Crippen LogP contribution in [0.2, 0.25) is 0 Å². The molecule has 0 spiro atoms. The van der Waals surface area contributed by atoms with Crippen molar-refractivity contribution in [1.82, 2.24) is 10.7 Å². The summed E-state index contributed by atoms with van der Waals surface area (Å²) >= 11 is 0. The quantitative estimate of drug-likeness (QED) is 0.143. The van der Waals surface area contributed by atoms with Crippen molar-refractivity contribution in [3.63, 3.8) is 0 Å². The first kappa shape index (κ1) is 34.5. The van der Waals surface area contributed by atoms with Gasteiger partial charge < -0.3 is 19.5 Å². The van der Waals surface area contributed by atoms with E-state index >= 15 is 0 Å². The van der Waals surface area contributed by atoms with Crippen LogP contribution in [0.4, 0.5) is 5.69 Å². The topological polar surface area (TPSA) is 136 Å². The zero-order chi connectivity index (χ0) is 33.8. The van der Waals surface area contributed by atoms with Crippen molar-refractivity contribution in [2.24, 2.45) is 5.10 Å². The Bertz CT molecular complexity index is 1790. The van der Waals surface area contributed by atoms with Crippen LogP contribution in [0.15, 0.2) is 101 Å². The van der Waals surface area contributed by atoms with Gasteiger partial charge in [-0.3, -0.25) is 13.9 Å². The SMILES string of the molecule is COc1ccc(S(=O)(=O)N(CC(=O)N/N=C\c2ccc(OCC(=O)NCCc3ccccc3)cc2)c2cc(C)cc(C)c2)cc1OC. The summed E-state index contributed by atoms with van der Waals surface area (Å²) in [7, 11) is -1.34. The molecule has 0 aromatic heterocycles. The minimum Gasteiger partial charge on any atom is -0.493 e. The summed E-state index contributed by atoms with van der Waals surface area (Å²) in [5.41, 5.74) is 6.19. The summed E-state index contributed by atoms with van der Waals surface area (Å²) in [5, 5.41) is 6.83. The number of rotatable bonds is 15. The summed E-state index contributed by atoms with van der Waals surface area (Å²) in [5.74, 6) is 0.228. The van der Waals surface area contributed by atoms with Gasteiger partial charge in [-0.15, -0.1) is 0 Å². The fourth-order valence-electron chi connectivity index (χ4n) is 4.70. The highest BCUT2D eigenvalue weighted by Gasteiger charge is 2.28. The first-order valence-corrected chi connectivity index (χ1v) is 16.2. The van der Waals surface area contributed by atoms with E-state index in [1.54, 1.807) is 36.4 Å². The molecule has 0 aliphatic rings. The normalized spacial score (nSPS) is 11.1. The van der Waals surface area contributed by atoms with Crippen LogP contribution in [0.1, 0.15) is 22.3 Å². The molecule has 2 N–H and O–H groups in total. The molecule has 47 heavy (non-hydrogen) atoms. The zero-order valence-corrected chi connectivity index (χ0v) is 27.5. The molecule has 4 aromatic carbocycles. The number of nitrogens with one attached hydrogen (secondary N) is 2. The number of hydrazone groups is 1. The van der Waals surface area contributed by atoms with E-state index < -0.39 is 22.5 Å². The third-order valence-corrected chi connectivity index (χ3v) is 8.73. The van der Waals surface area contributed by atoms with Gasteiger partial charge in [-0.2, -0.15) is 5.10 Å². The number of sulfonamides is 1. The Morgan fingerprint density at radius 1 is 0.830 bits per heavy atom. The van der Waals surface area contributed by atoms with Crippen LogP contribution >= 0.6 is 0 Å². The molecule has 0 unspecified atom stereocenters. The van der Waals surface area contributed by atoms with Gasteiger partial charge >= 0.3 is 0 Å². The maximum Gasteiger partial charge on any atom is 0.264 e. The lowest BCUT2D eigenvalue weighted by Crippen LogP contribution is -2.39. The molecule has 0 saturated carbocycles. The highest BCUT2D eigenvalue weighted by molar-refractivity contribution is 7.92. The molecule has 0 aliphatic carbocycles. The van der Waals surface area contributed by atoms with Crippen LogP contribution < -0.4 is 29.3 Å². The number of nitrogens with zero attached hydrogens (tertiary/aromatic N) is 2. The van der Waals surface area contributed by atoms with Gasteiger partial charge in [0.15, 0.2) is 18.1 Å². The lowest BCUT2D eigenvalue weighted by atomic mass is 10.1. The number of amides is 2. The maximum absolute atomic E-state index is 13.9. The summed E-state index contributed by atoms with van der Waals surface area (Å²) in [6, 6.07) is 26.2. The Labute approximate surface area is 275 Å². The summed E-state index contributed by atoms with van der Waals surface area (Å²) in [6.45, 7) is 3.55. The van der Waals surface area contributed by atoms with Gasteiger partial charge in [0.25, 0.3) is 21.8 Å². The molecular formula is C35H38N4O7S. The lowest BCUT2D eigenvalue weighted by Gasteiger charge is -2.25. The second-order valence-corrected chi connectivity index (χ2v) is 12.5. The van der Waals surface area contributed by atoms with Crippen molar-refractivity contribution in [2.75, 3.05) is 38.2 Å². The van der Waals surface area contributed by atoms with Gasteiger partial charge in [0.05, 0.1) is 31.0 Å². The van der Waals surface area contributed by atoms with E-state index in [1.807, 2.05) is 50.2 Å². The number of anilines is 1. The van der Waals surface area contributed by atoms with E-state index in [0.29, 0.717) is 29.3 Å². The Hall–Kier alpha value is -5.36. The van der Waals surface area contributed by atoms with Gasteiger partial charge in [-0.05, 0) is 91.1 Å². The molecule has 2 amide bonds. The van der Waals surface area contributed by atoms with E-state index in [0.717, 1.165) is 27.4 Å². The largest absolute Gasteiger partial charge is 0.493 e. The first-order chi connectivity index (χ1) is 22.6. The van der Waals surface area contributed by atoms with Crippen LogP contribution in [0.5, 0.6) is 17.2 Å². The van der Waals surface area contributed by atoms with E-state index in [1.165, 1.54) is 38.6 Å². The van der Waals surface area contributed by atoms with Crippen molar-refractivity contribution < 1.29 is 32.2 Å². The third-order valence-electron chi connectivity index (χ3n) is 6.96. The van der Waals surface area contributed by atoms with Crippen molar-refractivity contribution >= 4 is 33.7 Å². The smallest absolute Gasteiger partial charge is 0.264 e. The number of ether oxygens (including phenoxy) is 3. The summed E-state index contributed by atoms with van der Waals surface area (Å²) in [6.07, 6.45) is 2.15. The molecule has 0 bridgehead atoms. The standard InChI is InChI=1S/C35H38N4O7S/c1-25-18-26(2)20-29(19-25)39(47(42,43)31-14-15-32(44-3)33(21-31)45-4)23-34(40)38-37-22-28-10-12-30(13-11-28)46-24-35(41)36-17-16-27-8-6-5-7-9-27/h5-15,18-22H,16-17,23-24H2,1-4H3,(H,36,41)(H,38,40)/b37-22-. The van der Waals surface area contributed by atoms with Gasteiger partial charge in [-0.25, -0.2) is 13.8 Å². The molecule has 0 heterocycles. The van der Waals surface area contributed by atoms with Gasteiger partial charge in [0.1, 0.15) is 12.3 Å². The van der Waals surface area contributed by atoms with E-state index in [4.69, 9.17) is 14.2 Å². The Balaban J connectivity index is 1.36. The predicted octanol–water partition coefficient (Wildman–Crippen LogP) is 4.40. The van der Waals surface area contributed by atoms with E-state index in [-0.39, 0.29) is 23.2 Å². The van der Waals surface area contributed by atoms with Crippen molar-refractivity contribution in [3.05, 3.63) is 113 Å². The maximum atomic E-state index is 13.9. The molecule has 0 saturated heterocycles. The number of hydrogen-bond acceptors (Lipinski definition) is 8. The van der Waals surface area contributed by atoms with Gasteiger partial charge in [-0.1, -0.05) is 36.4 Å². The summed E-state index contributed by atoms with van der Waals surface area (Å²) in [4.78, 5) is 25.1. The molecule has 0 aliphatic heterocycles. The van der Waals surface area contributed by atoms with Crippen molar-refractivity contribution in [2.45, 2.75) is 25.2 Å². The predicted molar refractivity (Wildman–Crippen MR) is 181 cm³/mol. The molecule has 0 fully saturated rings. The monoisotopic (exact) mass is 658 g/mol. The lowest BCUT2D eigenvalue weighted by molar-refractivity contribution is -0.123. The third kappa shape index (κ3) is 9.81. The summed E-state index contributed by atoms with van der Waals surface area (Å²) < 4.78 is 44.9. The van der Waals surface area contributed by atoms with Gasteiger partial charge in [0, 0.05) is 12.6 Å². The fraction of sp³-hybridized carbons (Fsp3) is 0.229. The van der Waals surface area contributed by atoms with E-state index in [9.17, 15) is 18.0 Å². The Morgan fingerprint density at radius 2 is 1.51 bits per heavy atom. The first-order valence-electron chi connectivity index (χ1n) is 14.8. The number of carbonyl (C=O) groups excluding carboxylic acids is 2. The second kappa shape index (κ2) is 16.3. The minimum atomic E-state index is -4.21. The number of carbonyl (C=O) groups is 2. The van der Waals surface area contributed by atoms with Crippen LogP contribution in [-0.4, -0.2) is 60.4 Å². The average molecular weight is 659 g/mol. The molecule has 246 valence electrons. The number of benzene rings is 4. The minimum absolute atomic E-state index is 0.0717. The number of methoxy groups -OCH3 is 2. The van der Waals surface area contributed by atoms with Crippen LogP contribution in [-0.2, 0) is 26.0 Å². The van der Waals surface area contributed by atoms with Gasteiger partial charge in [0.2, 0.25) is 0 Å². The van der Waals surface area contributed by atoms with Crippen LogP contribution in [0.25, 0.3) is 0 Å². The molecule has 11 nitrogen and oxygen atoms in total. The average Bonchev–Trinajstić information content (AvgIpc) is 3.06. The Kier molecular flexibility index (Phi) is 12.0. The highest BCUT2D eigenvalue weighted by atomic mass is 32.2. The molecule has 4 aromatic rings. The molecular weight excluding hydrogens is 620 g/mol. The van der Waals surface area contributed by atoms with E-state index in [2.05, 4.69) is 15.8 Å². The number of aryl methyl sites for hydroxylation is 2. The Morgan fingerprint density at radius 3 is 2.17 bits per heavy atom. The van der Waals surface area contributed by atoms with Crippen LogP contribution in [0, 0.1) is 13.8 Å². The number of hydrogen-bond donors (Lipinski definition) is 2. The molecule has 12 heteroatoms. The van der Waals surface area contributed by atoms with Crippen molar-refractivity contribution in [3.8, 4) is 17.2 Å². The molecule has 0 radical (unpaired) electrons.